The zero-order chi connectivity index (χ0) is 28.0. The van der Waals surface area contributed by atoms with Gasteiger partial charge >= 0.3 is 12.2 Å². The summed E-state index contributed by atoms with van der Waals surface area (Å²) in [5, 5.41) is 22.4. The molecule has 0 aromatic heterocycles. The first-order valence-electron chi connectivity index (χ1n) is 12.0. The van der Waals surface area contributed by atoms with E-state index < -0.39 is 29.4 Å². The molecule has 2 aliphatic rings. The summed E-state index contributed by atoms with van der Waals surface area (Å²) in [7, 11) is 1.49. The molecule has 0 bridgehead atoms. The Bertz CT molecular complexity index is 1430. The molecule has 2 aromatic rings. The number of benzene rings is 2. The molecule has 1 fully saturated rings. The molecule has 0 saturated heterocycles. The molecular weight excluding hydrogens is 495 g/mol. The van der Waals surface area contributed by atoms with Crippen molar-refractivity contribution in [3.63, 3.8) is 0 Å². The molecule has 0 spiro atoms. The highest BCUT2D eigenvalue weighted by Crippen LogP contribution is 2.43. The van der Waals surface area contributed by atoms with Crippen LogP contribution in [-0.2, 0) is 11.0 Å². The number of carbonyl (C=O) groups is 2. The number of carbonyl (C=O) groups excluding carboxylic acids is 2. The summed E-state index contributed by atoms with van der Waals surface area (Å²) in [4.78, 5) is 29.1. The number of nitrogens with zero attached hydrogens (tertiary/aromatic N) is 4. The van der Waals surface area contributed by atoms with Gasteiger partial charge in [0.25, 0.3) is 0 Å². The van der Waals surface area contributed by atoms with E-state index in [9.17, 15) is 33.3 Å². The molecule has 1 saturated carbocycles. The van der Waals surface area contributed by atoms with Gasteiger partial charge in [0.15, 0.2) is 5.78 Å². The predicted molar refractivity (Wildman–Crippen MR) is 133 cm³/mol. The monoisotopic (exact) mass is 521 g/mol. The van der Waals surface area contributed by atoms with Gasteiger partial charge in [0, 0.05) is 24.4 Å². The number of ketones is 1. The molecule has 10 heteroatoms. The van der Waals surface area contributed by atoms with Gasteiger partial charge in [0.2, 0.25) is 0 Å². The molecule has 2 unspecified atom stereocenters. The normalized spacial score (nSPS) is 19.6. The van der Waals surface area contributed by atoms with Gasteiger partial charge in [-0.05, 0) is 75.1 Å². The maximum atomic E-state index is 13.7. The van der Waals surface area contributed by atoms with Crippen LogP contribution in [-0.4, -0.2) is 29.3 Å². The first-order chi connectivity index (χ1) is 17.8. The first-order valence-corrected chi connectivity index (χ1v) is 12.0. The van der Waals surface area contributed by atoms with E-state index in [4.69, 9.17) is 0 Å². The van der Waals surface area contributed by atoms with E-state index in [1.807, 2.05) is 6.92 Å². The fourth-order valence-electron chi connectivity index (χ4n) is 5.03. The second-order valence-electron chi connectivity index (χ2n) is 9.75. The lowest BCUT2D eigenvalue weighted by atomic mass is 9.85. The number of hydrogen-bond donors (Lipinski definition) is 1. The summed E-state index contributed by atoms with van der Waals surface area (Å²) in [5.74, 6) is -0.351. The summed E-state index contributed by atoms with van der Waals surface area (Å²) in [6, 6.07) is 11.9. The Kier molecular flexibility index (Phi) is 6.81. The number of Topliss-reactive ketones (excluding diaryl/α,β-unsaturated/α-hetero) is 1. The highest BCUT2D eigenvalue weighted by molar-refractivity contribution is 6.04. The van der Waals surface area contributed by atoms with Gasteiger partial charge in [0.1, 0.15) is 5.54 Å². The number of halogens is 3. The van der Waals surface area contributed by atoms with Gasteiger partial charge in [-0.1, -0.05) is 12.1 Å². The summed E-state index contributed by atoms with van der Waals surface area (Å²) >= 11 is 0. The van der Waals surface area contributed by atoms with Crippen LogP contribution in [0.3, 0.4) is 0 Å². The fourth-order valence-corrected chi connectivity index (χ4v) is 5.03. The number of hydrogen-bond acceptors (Lipinski definition) is 5. The first kappa shape index (κ1) is 26.9. The Morgan fingerprint density at radius 2 is 1.87 bits per heavy atom. The second kappa shape index (κ2) is 9.62. The van der Waals surface area contributed by atoms with E-state index in [1.54, 1.807) is 18.2 Å². The van der Waals surface area contributed by atoms with E-state index in [2.05, 4.69) is 17.5 Å². The third-order valence-electron chi connectivity index (χ3n) is 7.12. The summed E-state index contributed by atoms with van der Waals surface area (Å²) < 4.78 is 40.2. The zero-order valence-electron chi connectivity index (χ0n) is 21.3. The van der Waals surface area contributed by atoms with Gasteiger partial charge < -0.3 is 4.90 Å². The van der Waals surface area contributed by atoms with E-state index in [1.165, 1.54) is 37.9 Å². The molecule has 1 N–H and O–H groups in total. The van der Waals surface area contributed by atoms with Crippen LogP contribution >= 0.6 is 0 Å². The number of alkyl halides is 3. The number of amides is 2. The summed E-state index contributed by atoms with van der Waals surface area (Å²) in [6.07, 6.45) is -3.23. The average molecular weight is 522 g/mol. The largest absolute Gasteiger partial charge is 0.416 e. The van der Waals surface area contributed by atoms with Gasteiger partial charge in [-0.25, -0.2) is 4.79 Å². The van der Waals surface area contributed by atoms with E-state index in [-0.39, 0.29) is 28.8 Å². The van der Waals surface area contributed by atoms with Crippen molar-refractivity contribution < 1.29 is 22.8 Å². The van der Waals surface area contributed by atoms with Crippen molar-refractivity contribution in [2.75, 3.05) is 11.9 Å². The third-order valence-corrected chi connectivity index (χ3v) is 7.12. The molecule has 2 amide bonds. The van der Waals surface area contributed by atoms with Crippen molar-refractivity contribution in [1.29, 1.82) is 10.5 Å². The molecule has 1 heterocycles. The van der Waals surface area contributed by atoms with Crippen molar-refractivity contribution >= 4 is 17.5 Å². The zero-order valence-corrected chi connectivity index (χ0v) is 21.3. The maximum absolute atomic E-state index is 13.7. The lowest BCUT2D eigenvalue weighted by molar-refractivity contribution is -0.137. The topological polar surface area (TPSA) is 100 Å². The van der Waals surface area contributed by atoms with Crippen molar-refractivity contribution in [2.24, 2.45) is 0 Å². The van der Waals surface area contributed by atoms with Crippen molar-refractivity contribution in [1.82, 2.24) is 10.2 Å². The van der Waals surface area contributed by atoms with Crippen LogP contribution in [0, 0.1) is 22.7 Å². The van der Waals surface area contributed by atoms with E-state index in [0.29, 0.717) is 29.5 Å². The molecular formula is C28H26F3N5O2. The molecule has 1 aliphatic carbocycles. The molecule has 4 rings (SSSR count). The molecule has 0 radical (unpaired) electrons. The Morgan fingerprint density at radius 3 is 2.42 bits per heavy atom. The number of anilines is 1. The van der Waals surface area contributed by atoms with Crippen LogP contribution < -0.4 is 10.2 Å². The Hall–Kier alpha value is -4.15. The predicted octanol–water partition coefficient (Wildman–Crippen LogP) is 5.76. The van der Waals surface area contributed by atoms with E-state index >= 15 is 0 Å². The maximum Gasteiger partial charge on any atom is 0.416 e. The Labute approximate surface area is 218 Å². The Balaban J connectivity index is 1.87. The quantitative estimate of drug-likeness (QED) is 0.521. The number of nitriles is 2. The average Bonchev–Trinajstić information content (AvgIpc) is 3.65. The van der Waals surface area contributed by atoms with Crippen molar-refractivity contribution in [3.05, 3.63) is 76.0 Å². The second-order valence-corrected chi connectivity index (χ2v) is 9.75. The molecule has 2 atom stereocenters. The molecule has 7 nitrogen and oxygen atoms in total. The summed E-state index contributed by atoms with van der Waals surface area (Å²) in [5.41, 5.74) is 0.483. The fraction of sp³-hybridized carbons (Fsp3) is 0.357. The minimum atomic E-state index is -4.60. The van der Waals surface area contributed by atoms with Gasteiger partial charge in [-0.3, -0.25) is 15.0 Å². The van der Waals surface area contributed by atoms with Crippen LogP contribution in [0.15, 0.2) is 53.7 Å². The minimum Gasteiger partial charge on any atom is -0.316 e. The lowest BCUT2D eigenvalue weighted by Crippen LogP contribution is -2.49. The van der Waals surface area contributed by atoms with Crippen LogP contribution in [0.2, 0.25) is 0 Å². The molecule has 196 valence electrons. The number of urea groups is 1. The molecule has 1 aliphatic heterocycles. The smallest absolute Gasteiger partial charge is 0.316 e. The molecule has 2 aromatic carbocycles. The van der Waals surface area contributed by atoms with Crippen molar-refractivity contribution in [3.8, 4) is 12.1 Å². The number of rotatable bonds is 6. The van der Waals surface area contributed by atoms with Crippen LogP contribution in [0.25, 0.3) is 0 Å². The minimum absolute atomic E-state index is 0.00819. The lowest BCUT2D eigenvalue weighted by Gasteiger charge is -2.42. The SMILES string of the molecule is CC(=O)C1=C(C)N(c2cccc(C(F)(F)F)c2)C(=O)N(C)C1c1ccc(C#N)cc1C(C)NC1(C#N)CC1. The van der Waals surface area contributed by atoms with Crippen LogP contribution in [0.5, 0.6) is 0 Å². The number of allylic oxidation sites excluding steroid dienone is 1. The van der Waals surface area contributed by atoms with Gasteiger partial charge in [-0.2, -0.15) is 23.7 Å². The number of nitrogens with one attached hydrogen (secondary N) is 1. The van der Waals surface area contributed by atoms with Gasteiger partial charge in [0.05, 0.1) is 35.0 Å². The highest BCUT2D eigenvalue weighted by atomic mass is 19.4. The van der Waals surface area contributed by atoms with Crippen LogP contribution in [0.4, 0.5) is 23.7 Å². The number of likely N-dealkylation sites (N-methyl/N-ethyl adjacent to an activating group) is 1. The summed E-state index contributed by atoms with van der Waals surface area (Å²) in [6.45, 7) is 4.73. The highest BCUT2D eigenvalue weighted by Gasteiger charge is 2.45. The van der Waals surface area contributed by atoms with Crippen molar-refractivity contribution in [2.45, 2.75) is 57.4 Å². The standard InChI is InChI=1S/C28H26F3N5O2/c1-16(34-27(15-33)10-11-27)23-12-19(14-32)8-9-22(23)25-24(18(3)37)17(2)36(26(38)35(25)4)21-7-5-6-20(13-21)28(29,30)31/h5-9,12-13,16,25,34H,10-11H2,1-4H3. The Morgan fingerprint density at radius 1 is 1.18 bits per heavy atom. The molecule has 38 heavy (non-hydrogen) atoms. The van der Waals surface area contributed by atoms with Crippen LogP contribution in [0.1, 0.15) is 68.0 Å². The third kappa shape index (κ3) is 4.75. The van der Waals surface area contributed by atoms with E-state index in [0.717, 1.165) is 17.0 Å². The van der Waals surface area contributed by atoms with Gasteiger partial charge in [-0.15, -0.1) is 0 Å².